The number of thiazole rings is 1. The van der Waals surface area contributed by atoms with E-state index in [1.165, 1.54) is 17.5 Å². The smallest absolute Gasteiger partial charge is 0.328 e. The summed E-state index contributed by atoms with van der Waals surface area (Å²) in [5, 5.41) is 6.34. The van der Waals surface area contributed by atoms with Gasteiger partial charge in [-0.25, -0.2) is 14.6 Å². The molecule has 1 aromatic heterocycles. The number of amides is 4. The van der Waals surface area contributed by atoms with Crippen LogP contribution in [-0.4, -0.2) is 60.7 Å². The molecule has 3 heterocycles. The minimum absolute atomic E-state index is 0.191. The summed E-state index contributed by atoms with van der Waals surface area (Å²) in [6, 6.07) is 4.72. The van der Waals surface area contributed by atoms with Gasteiger partial charge in [0.1, 0.15) is 10.9 Å². The van der Waals surface area contributed by atoms with Gasteiger partial charge in [0.05, 0.1) is 12.8 Å². The van der Waals surface area contributed by atoms with E-state index in [1.54, 1.807) is 22.8 Å². The molecule has 0 radical (unpaired) electrons. The summed E-state index contributed by atoms with van der Waals surface area (Å²) in [4.78, 5) is 44.5. The lowest BCUT2D eigenvalue weighted by molar-refractivity contribution is -0.141. The number of nitrogens with one attached hydrogen (secondary N) is 2. The number of esters is 1. The minimum atomic E-state index is -0.488. The summed E-state index contributed by atoms with van der Waals surface area (Å²) >= 11 is 13.4. The number of aromatic nitrogens is 1. The van der Waals surface area contributed by atoms with Gasteiger partial charge in [-0.2, -0.15) is 0 Å². The van der Waals surface area contributed by atoms with Gasteiger partial charge < -0.3 is 15.0 Å². The van der Waals surface area contributed by atoms with Crippen molar-refractivity contribution < 1.29 is 19.1 Å². The first kappa shape index (κ1) is 22.6. The van der Waals surface area contributed by atoms with Gasteiger partial charge in [0.15, 0.2) is 5.13 Å². The van der Waals surface area contributed by atoms with Crippen LogP contribution >= 0.6 is 34.5 Å². The molecule has 170 valence electrons. The summed E-state index contributed by atoms with van der Waals surface area (Å²) in [5.74, 6) is -0.488. The van der Waals surface area contributed by atoms with Crippen molar-refractivity contribution in [3.05, 3.63) is 39.3 Å². The number of ether oxygens (including phenoxy) is 1. The molecule has 2 N–H and O–H groups in total. The van der Waals surface area contributed by atoms with Crippen LogP contribution in [0.2, 0.25) is 9.36 Å². The number of fused-ring (bicyclic) bond motifs is 2. The summed E-state index contributed by atoms with van der Waals surface area (Å²) < 4.78 is 5.33. The quantitative estimate of drug-likeness (QED) is 0.626. The average molecular weight is 498 g/mol. The van der Waals surface area contributed by atoms with E-state index in [1.807, 2.05) is 12.1 Å². The molecule has 0 bridgehead atoms. The number of rotatable bonds is 4. The lowest BCUT2D eigenvalue weighted by Crippen LogP contribution is -2.44. The van der Waals surface area contributed by atoms with Crippen molar-refractivity contribution in [2.24, 2.45) is 0 Å². The molecular weight excluding hydrogens is 477 g/mol. The van der Waals surface area contributed by atoms with Crippen molar-refractivity contribution in [2.75, 3.05) is 43.0 Å². The highest BCUT2D eigenvalue weighted by Crippen LogP contribution is 2.47. The fraction of sp³-hybridized carbons (Fsp3) is 0.400. The number of carbonyl (C=O) groups is 3. The van der Waals surface area contributed by atoms with Gasteiger partial charge in [-0.1, -0.05) is 34.5 Å². The number of hydrogen-bond acceptors (Lipinski definition) is 6. The van der Waals surface area contributed by atoms with E-state index >= 15 is 0 Å². The second kappa shape index (κ2) is 9.13. The molecule has 0 saturated carbocycles. The van der Waals surface area contributed by atoms with E-state index in [2.05, 4.69) is 15.6 Å². The molecule has 12 heteroatoms. The number of benzene rings is 1. The Morgan fingerprint density at radius 2 is 2.06 bits per heavy atom. The molecule has 2 aliphatic heterocycles. The van der Waals surface area contributed by atoms with Crippen molar-refractivity contribution in [3.63, 3.8) is 0 Å². The third-order valence-corrected chi connectivity index (χ3v) is 6.81. The van der Waals surface area contributed by atoms with Crippen LogP contribution in [0, 0.1) is 0 Å². The summed E-state index contributed by atoms with van der Waals surface area (Å²) in [6.07, 6.45) is 2.13. The van der Waals surface area contributed by atoms with Gasteiger partial charge in [-0.3, -0.25) is 15.0 Å². The molecule has 32 heavy (non-hydrogen) atoms. The number of carbonyl (C=O) groups excluding carboxylic acids is 3. The fourth-order valence-corrected chi connectivity index (χ4v) is 5.13. The molecule has 0 aliphatic carbocycles. The molecule has 1 spiro atoms. The molecule has 1 unspecified atom stereocenters. The predicted octanol–water partition coefficient (Wildman–Crippen LogP) is 3.72. The number of halogens is 2. The van der Waals surface area contributed by atoms with Crippen molar-refractivity contribution in [1.82, 2.24) is 15.2 Å². The topological polar surface area (TPSA) is 104 Å². The zero-order valence-corrected chi connectivity index (χ0v) is 19.5. The Balaban J connectivity index is 1.51. The van der Waals surface area contributed by atoms with Crippen LogP contribution in [0.1, 0.15) is 18.9 Å². The van der Waals surface area contributed by atoms with Crippen LogP contribution in [0.5, 0.6) is 0 Å². The highest BCUT2D eigenvalue weighted by Gasteiger charge is 2.50. The Labute approximate surface area is 198 Å². The SMILES string of the molecule is CCOC(=O)CNC(=O)N1CCC2(C1)CN(C(=O)Nc1ncc(Cl)s1)c1ccc(Cl)cc12. The van der Waals surface area contributed by atoms with E-state index < -0.39 is 11.4 Å². The Hall–Kier alpha value is -2.56. The molecule has 9 nitrogen and oxygen atoms in total. The van der Waals surface area contributed by atoms with Gasteiger partial charge in [-0.15, -0.1) is 0 Å². The third kappa shape index (κ3) is 4.48. The van der Waals surface area contributed by atoms with Crippen molar-refractivity contribution in [1.29, 1.82) is 0 Å². The molecule has 4 amide bonds. The Morgan fingerprint density at radius 3 is 2.78 bits per heavy atom. The number of anilines is 2. The van der Waals surface area contributed by atoms with Crippen molar-refractivity contribution in [2.45, 2.75) is 18.8 Å². The first-order chi connectivity index (χ1) is 15.3. The van der Waals surface area contributed by atoms with Crippen molar-refractivity contribution in [3.8, 4) is 0 Å². The Morgan fingerprint density at radius 1 is 1.25 bits per heavy atom. The lowest BCUT2D eigenvalue weighted by Gasteiger charge is -2.25. The zero-order chi connectivity index (χ0) is 22.9. The monoisotopic (exact) mass is 497 g/mol. The number of likely N-dealkylation sites (tertiary alicyclic amines) is 1. The van der Waals surface area contributed by atoms with E-state index in [0.717, 1.165) is 11.3 Å². The van der Waals surface area contributed by atoms with Crippen LogP contribution in [0.15, 0.2) is 24.4 Å². The zero-order valence-electron chi connectivity index (χ0n) is 17.2. The molecule has 4 rings (SSSR count). The first-order valence-electron chi connectivity index (χ1n) is 9.99. The van der Waals surface area contributed by atoms with Gasteiger partial charge in [-0.05, 0) is 37.1 Å². The predicted molar refractivity (Wildman–Crippen MR) is 123 cm³/mol. The van der Waals surface area contributed by atoms with Crippen LogP contribution < -0.4 is 15.5 Å². The fourth-order valence-electron chi connectivity index (χ4n) is 4.16. The van der Waals surface area contributed by atoms with E-state index in [0.29, 0.717) is 40.5 Å². The molecule has 1 atom stereocenters. The number of nitrogens with zero attached hydrogens (tertiary/aromatic N) is 3. The average Bonchev–Trinajstić information content (AvgIpc) is 3.45. The summed E-state index contributed by atoms with van der Waals surface area (Å²) in [7, 11) is 0. The maximum atomic E-state index is 13.0. The number of urea groups is 2. The Bertz CT molecular complexity index is 1060. The minimum Gasteiger partial charge on any atom is -0.465 e. The van der Waals surface area contributed by atoms with Gasteiger partial charge in [0.25, 0.3) is 0 Å². The van der Waals surface area contributed by atoms with Gasteiger partial charge in [0, 0.05) is 35.8 Å². The van der Waals surface area contributed by atoms with Crippen LogP contribution in [0.4, 0.5) is 20.4 Å². The van der Waals surface area contributed by atoms with Crippen LogP contribution in [-0.2, 0) is 14.9 Å². The largest absolute Gasteiger partial charge is 0.465 e. The third-order valence-electron chi connectivity index (χ3n) is 5.55. The normalized spacial score (nSPS) is 19.2. The Kier molecular flexibility index (Phi) is 6.45. The molecule has 2 aromatic rings. The van der Waals surface area contributed by atoms with Gasteiger partial charge in [0.2, 0.25) is 0 Å². The second-order valence-electron chi connectivity index (χ2n) is 7.56. The van der Waals surface area contributed by atoms with E-state index in [4.69, 9.17) is 27.9 Å². The molecule has 1 aromatic carbocycles. The second-order valence-corrected chi connectivity index (χ2v) is 9.66. The van der Waals surface area contributed by atoms with Crippen LogP contribution in [0.3, 0.4) is 0 Å². The van der Waals surface area contributed by atoms with Crippen LogP contribution in [0.25, 0.3) is 0 Å². The number of hydrogen-bond donors (Lipinski definition) is 2. The lowest BCUT2D eigenvalue weighted by atomic mass is 9.81. The summed E-state index contributed by atoms with van der Waals surface area (Å²) in [6.45, 7) is 3.03. The molecular formula is C20H21Cl2N5O4S. The maximum Gasteiger partial charge on any atom is 0.328 e. The summed E-state index contributed by atoms with van der Waals surface area (Å²) in [5.41, 5.74) is 1.20. The molecule has 2 aliphatic rings. The van der Waals surface area contributed by atoms with Gasteiger partial charge >= 0.3 is 18.0 Å². The van der Waals surface area contributed by atoms with E-state index in [-0.39, 0.29) is 25.2 Å². The van der Waals surface area contributed by atoms with Crippen molar-refractivity contribution >= 4 is 63.4 Å². The highest BCUT2D eigenvalue weighted by molar-refractivity contribution is 7.19. The first-order valence-corrected chi connectivity index (χ1v) is 11.6. The molecule has 1 saturated heterocycles. The van der Waals surface area contributed by atoms with E-state index in [9.17, 15) is 14.4 Å². The molecule has 1 fully saturated rings. The maximum absolute atomic E-state index is 13.0. The highest BCUT2D eigenvalue weighted by atomic mass is 35.5. The standard InChI is InChI=1S/C20H21Cl2N5O4S/c1-2-31-16(28)9-24-18(29)26-6-5-20(10-26)11-27(14-4-3-12(21)7-13(14)20)19(30)25-17-23-8-15(22)32-17/h3-4,7-8H,2,5-6,9-11H2,1H3,(H,24,29)(H,23,25,30).